The van der Waals surface area contributed by atoms with Crippen LogP contribution in [0.25, 0.3) is 5.65 Å². The fourth-order valence-electron chi connectivity index (χ4n) is 4.54. The summed E-state index contributed by atoms with van der Waals surface area (Å²) in [5.74, 6) is -1.94. The fourth-order valence-corrected chi connectivity index (χ4v) is 4.54. The van der Waals surface area contributed by atoms with Crippen LogP contribution in [0.4, 0.5) is 21.6 Å². The number of para-hydroxylation sites is 1. The van der Waals surface area contributed by atoms with Gasteiger partial charge < -0.3 is 20.3 Å². The maximum Gasteiger partial charge on any atom is 0.239 e. The summed E-state index contributed by atoms with van der Waals surface area (Å²) < 4.78 is 21.9. The lowest BCUT2D eigenvalue weighted by Crippen LogP contribution is -2.46. The average molecular weight is 529 g/mol. The maximum absolute atomic E-state index is 14.9. The van der Waals surface area contributed by atoms with Crippen molar-refractivity contribution >= 4 is 40.6 Å². The number of carbonyl (C=O) groups excluding carboxylic acids is 3. The zero-order valence-corrected chi connectivity index (χ0v) is 20.8. The normalized spacial score (nSPS) is 17.2. The van der Waals surface area contributed by atoms with Crippen LogP contribution in [0.15, 0.2) is 66.9 Å². The maximum atomic E-state index is 14.9. The molecule has 11 heteroatoms. The Morgan fingerprint density at radius 3 is 2.56 bits per heavy atom. The van der Waals surface area contributed by atoms with Crippen molar-refractivity contribution in [1.82, 2.24) is 14.6 Å². The van der Waals surface area contributed by atoms with Crippen LogP contribution >= 0.6 is 0 Å². The number of hydrogen-bond donors (Lipinski definition) is 2. The highest BCUT2D eigenvalue weighted by molar-refractivity contribution is 6.12. The zero-order chi connectivity index (χ0) is 26.9. The third-order valence-corrected chi connectivity index (χ3v) is 6.73. The van der Waals surface area contributed by atoms with Gasteiger partial charge in [0.1, 0.15) is 5.92 Å². The Labute approximate surface area is 222 Å². The highest BCUT2D eigenvalue weighted by Gasteiger charge is 2.35. The highest BCUT2D eigenvalue weighted by atomic mass is 19.1. The van der Waals surface area contributed by atoms with Gasteiger partial charge in [-0.3, -0.25) is 14.4 Å². The van der Waals surface area contributed by atoms with Crippen molar-refractivity contribution in [2.45, 2.75) is 25.7 Å². The summed E-state index contributed by atoms with van der Waals surface area (Å²) in [7, 11) is 0. The number of aromatic nitrogens is 3. The molecule has 1 aliphatic heterocycles. The Morgan fingerprint density at radius 2 is 1.79 bits per heavy atom. The van der Waals surface area contributed by atoms with Gasteiger partial charge in [-0.05, 0) is 56.0 Å². The summed E-state index contributed by atoms with van der Waals surface area (Å²) in [5.41, 5.74) is 1.45. The van der Waals surface area contributed by atoms with Crippen molar-refractivity contribution < 1.29 is 23.5 Å². The van der Waals surface area contributed by atoms with Gasteiger partial charge in [-0.1, -0.05) is 18.2 Å². The molecule has 39 heavy (non-hydrogen) atoms. The first-order valence-corrected chi connectivity index (χ1v) is 12.8. The minimum atomic E-state index is -0.858. The molecule has 3 heterocycles. The van der Waals surface area contributed by atoms with Gasteiger partial charge in [-0.25, -0.2) is 13.9 Å². The van der Waals surface area contributed by atoms with Crippen LogP contribution in [-0.4, -0.2) is 38.9 Å². The minimum absolute atomic E-state index is 0.0459. The smallest absolute Gasteiger partial charge is 0.239 e. The van der Waals surface area contributed by atoms with E-state index < -0.39 is 17.6 Å². The summed E-state index contributed by atoms with van der Waals surface area (Å²) in [4.78, 5) is 43.8. The first-order chi connectivity index (χ1) is 18.9. The molecule has 0 spiro atoms. The van der Waals surface area contributed by atoms with Crippen molar-refractivity contribution in [3.8, 4) is 11.6 Å². The molecule has 2 fully saturated rings. The summed E-state index contributed by atoms with van der Waals surface area (Å²) in [5, 5.41) is 9.69. The fraction of sp³-hybridized carbons (Fsp3) is 0.250. The molecule has 2 aromatic heterocycles. The molecule has 2 aliphatic rings. The van der Waals surface area contributed by atoms with Crippen molar-refractivity contribution in [3.05, 3.63) is 72.7 Å². The number of nitrogens with one attached hydrogen (secondary N) is 2. The molecule has 1 saturated heterocycles. The zero-order valence-electron chi connectivity index (χ0n) is 20.8. The quantitative estimate of drug-likeness (QED) is 0.344. The Balaban J connectivity index is 1.11. The number of fused-ring (bicyclic) bond motifs is 1. The summed E-state index contributed by atoms with van der Waals surface area (Å²) in [6.07, 6.45) is 4.43. The minimum Gasteiger partial charge on any atom is -0.434 e. The van der Waals surface area contributed by atoms with E-state index in [-0.39, 0.29) is 35.0 Å². The van der Waals surface area contributed by atoms with Gasteiger partial charge in [-0.2, -0.15) is 0 Å². The number of anilines is 3. The number of rotatable bonds is 7. The van der Waals surface area contributed by atoms with Crippen molar-refractivity contribution in [2.24, 2.45) is 11.8 Å². The van der Waals surface area contributed by atoms with E-state index in [1.165, 1.54) is 22.7 Å². The van der Waals surface area contributed by atoms with E-state index >= 15 is 0 Å². The molecular formula is C28H25FN6O4. The molecule has 1 saturated carbocycles. The summed E-state index contributed by atoms with van der Waals surface area (Å²) in [6, 6.07) is 16.4. The predicted molar refractivity (Wildman–Crippen MR) is 141 cm³/mol. The molecule has 1 unspecified atom stereocenters. The van der Waals surface area contributed by atoms with Gasteiger partial charge in [-0.15, -0.1) is 5.10 Å². The van der Waals surface area contributed by atoms with E-state index in [1.54, 1.807) is 17.2 Å². The van der Waals surface area contributed by atoms with Crippen LogP contribution in [0.2, 0.25) is 0 Å². The van der Waals surface area contributed by atoms with Crippen LogP contribution in [0.3, 0.4) is 0 Å². The number of imidazole rings is 1. The van der Waals surface area contributed by atoms with Crippen LogP contribution in [0.5, 0.6) is 11.6 Å². The number of piperidine rings is 1. The van der Waals surface area contributed by atoms with E-state index in [9.17, 15) is 18.8 Å². The second-order valence-electron chi connectivity index (χ2n) is 9.62. The SMILES string of the molecule is O=C(Nc1cn2nc(Oc3ccc(NC(=O)C4CCCN(c5ccccc5)C4=O)cc3F)ccc2n1)C1CC1. The van der Waals surface area contributed by atoms with E-state index in [2.05, 4.69) is 20.7 Å². The first-order valence-electron chi connectivity index (χ1n) is 12.8. The molecule has 1 atom stereocenters. The largest absolute Gasteiger partial charge is 0.434 e. The molecule has 0 radical (unpaired) electrons. The third kappa shape index (κ3) is 5.28. The Bertz CT molecular complexity index is 1570. The van der Waals surface area contributed by atoms with Crippen LogP contribution in [-0.2, 0) is 14.4 Å². The Kier molecular flexibility index (Phi) is 6.39. The molecule has 4 aromatic rings. The number of carbonyl (C=O) groups is 3. The van der Waals surface area contributed by atoms with Crippen LogP contribution < -0.4 is 20.3 Å². The number of benzene rings is 2. The second kappa shape index (κ2) is 10.2. The summed E-state index contributed by atoms with van der Waals surface area (Å²) in [6.45, 7) is 0.544. The molecule has 6 rings (SSSR count). The molecule has 198 valence electrons. The van der Waals surface area contributed by atoms with Crippen molar-refractivity contribution in [2.75, 3.05) is 22.1 Å². The Morgan fingerprint density at radius 1 is 0.974 bits per heavy atom. The summed E-state index contributed by atoms with van der Waals surface area (Å²) >= 11 is 0. The molecule has 2 N–H and O–H groups in total. The van der Waals surface area contributed by atoms with E-state index in [0.29, 0.717) is 30.9 Å². The number of ether oxygens (including phenoxy) is 1. The van der Waals surface area contributed by atoms with Crippen molar-refractivity contribution in [1.29, 1.82) is 0 Å². The Hall–Kier alpha value is -4.80. The lowest BCUT2D eigenvalue weighted by Gasteiger charge is -2.31. The standard InChI is InChI=1S/C28H25FN6O4/c29-21-15-18(30-27(37)20-7-4-14-34(28(20)38)19-5-2-1-3-6-19)10-11-22(21)39-25-13-12-24-31-23(16-35(24)33-25)32-26(36)17-8-9-17/h1-3,5-6,10-13,15-17,20H,4,7-9,14H2,(H,30,37)(H,32,36). The first kappa shape index (κ1) is 24.5. The van der Waals surface area contributed by atoms with Gasteiger partial charge in [0.2, 0.25) is 23.6 Å². The molecule has 1 aliphatic carbocycles. The number of hydrogen-bond acceptors (Lipinski definition) is 6. The van der Waals surface area contributed by atoms with E-state index in [1.807, 2.05) is 30.3 Å². The monoisotopic (exact) mass is 528 g/mol. The second-order valence-corrected chi connectivity index (χ2v) is 9.62. The van der Waals surface area contributed by atoms with Gasteiger partial charge in [0.05, 0.1) is 6.20 Å². The van der Waals surface area contributed by atoms with Crippen LogP contribution in [0.1, 0.15) is 25.7 Å². The average Bonchev–Trinajstić information content (AvgIpc) is 3.71. The third-order valence-electron chi connectivity index (χ3n) is 6.73. The molecular weight excluding hydrogens is 503 g/mol. The highest BCUT2D eigenvalue weighted by Crippen LogP contribution is 2.31. The predicted octanol–water partition coefficient (Wildman–Crippen LogP) is 4.39. The van der Waals surface area contributed by atoms with E-state index in [4.69, 9.17) is 4.74 Å². The molecule has 10 nitrogen and oxygen atoms in total. The molecule has 0 bridgehead atoms. The van der Waals surface area contributed by atoms with E-state index in [0.717, 1.165) is 24.6 Å². The lowest BCUT2D eigenvalue weighted by atomic mass is 9.95. The number of nitrogens with zero attached hydrogens (tertiary/aromatic N) is 4. The van der Waals surface area contributed by atoms with Crippen LogP contribution in [0, 0.1) is 17.7 Å². The number of halogens is 1. The van der Waals surface area contributed by atoms with Gasteiger partial charge >= 0.3 is 0 Å². The topological polar surface area (TPSA) is 118 Å². The molecule has 2 aromatic carbocycles. The van der Waals surface area contributed by atoms with Gasteiger partial charge in [0, 0.05) is 36.0 Å². The van der Waals surface area contributed by atoms with Gasteiger partial charge in [0.15, 0.2) is 23.0 Å². The van der Waals surface area contributed by atoms with Gasteiger partial charge in [0.25, 0.3) is 0 Å². The molecule has 3 amide bonds. The van der Waals surface area contributed by atoms with Crippen molar-refractivity contribution in [3.63, 3.8) is 0 Å². The lowest BCUT2D eigenvalue weighted by molar-refractivity contribution is -0.132. The number of amides is 3.